The van der Waals surface area contributed by atoms with E-state index in [-0.39, 0.29) is 11.9 Å². The zero-order chi connectivity index (χ0) is 16.4. The molecule has 2 N–H and O–H groups in total. The fourth-order valence-electron chi connectivity index (χ4n) is 2.89. The van der Waals surface area contributed by atoms with E-state index < -0.39 is 10.9 Å². The number of hydrogen-bond donors (Lipinski definition) is 2. The van der Waals surface area contributed by atoms with Crippen LogP contribution < -0.4 is 5.32 Å². The molecule has 0 aliphatic heterocycles. The third-order valence-electron chi connectivity index (χ3n) is 4.15. The van der Waals surface area contributed by atoms with Crippen LogP contribution in [0.2, 0.25) is 0 Å². The first-order chi connectivity index (χ1) is 11.0. The average Bonchev–Trinajstić information content (AvgIpc) is 2.84. The highest BCUT2D eigenvalue weighted by atomic mass is 32.2. The third-order valence-corrected chi connectivity index (χ3v) is 5.36. The second kappa shape index (κ2) is 6.38. The van der Waals surface area contributed by atoms with Crippen molar-refractivity contribution in [3.63, 3.8) is 0 Å². The monoisotopic (exact) mass is 327 g/mol. The quantitative estimate of drug-likeness (QED) is 0.847. The van der Waals surface area contributed by atoms with Gasteiger partial charge in [0.25, 0.3) is 0 Å². The standard InChI is InChI=1S/C19H21NO2S/c1-19(2,23-14-9-4-3-5-10-14)18(22)20-17-15-11-7-6-8-13(15)12-16(17)21/h3-11,16-17,21H,12H2,1-2H3,(H,20,22)/t16-,17+/m0/s1. The Labute approximate surface area is 141 Å². The fraction of sp³-hybridized carbons (Fsp3) is 0.316. The van der Waals surface area contributed by atoms with Gasteiger partial charge in [-0.15, -0.1) is 11.8 Å². The molecule has 0 spiro atoms. The minimum atomic E-state index is -0.612. The van der Waals surface area contributed by atoms with Crippen LogP contribution in [0.1, 0.15) is 31.0 Å². The van der Waals surface area contributed by atoms with Crippen molar-refractivity contribution in [1.82, 2.24) is 5.32 Å². The van der Waals surface area contributed by atoms with Gasteiger partial charge in [-0.1, -0.05) is 42.5 Å². The van der Waals surface area contributed by atoms with Crippen molar-refractivity contribution < 1.29 is 9.90 Å². The highest BCUT2D eigenvalue weighted by molar-refractivity contribution is 8.01. The van der Waals surface area contributed by atoms with Crippen LogP contribution in [0.25, 0.3) is 0 Å². The topological polar surface area (TPSA) is 49.3 Å². The third kappa shape index (κ3) is 3.43. The number of thioether (sulfide) groups is 1. The van der Waals surface area contributed by atoms with Crippen LogP contribution in [0.15, 0.2) is 59.5 Å². The van der Waals surface area contributed by atoms with Crippen molar-refractivity contribution in [2.75, 3.05) is 0 Å². The Bertz CT molecular complexity index is 700. The van der Waals surface area contributed by atoms with Crippen LogP contribution in [-0.2, 0) is 11.2 Å². The Morgan fingerprint density at radius 1 is 1.13 bits per heavy atom. The van der Waals surface area contributed by atoms with Gasteiger partial charge in [-0.2, -0.15) is 0 Å². The van der Waals surface area contributed by atoms with Crippen molar-refractivity contribution in [1.29, 1.82) is 0 Å². The summed E-state index contributed by atoms with van der Waals surface area (Å²) in [5.41, 5.74) is 2.13. The summed E-state index contributed by atoms with van der Waals surface area (Å²) in [6.07, 6.45) is 0.0294. The van der Waals surface area contributed by atoms with Gasteiger partial charge in [0.2, 0.25) is 5.91 Å². The molecule has 1 amide bonds. The van der Waals surface area contributed by atoms with E-state index in [4.69, 9.17) is 0 Å². The van der Waals surface area contributed by atoms with Crippen LogP contribution in [0.3, 0.4) is 0 Å². The van der Waals surface area contributed by atoms with Gasteiger partial charge in [-0.05, 0) is 37.1 Å². The summed E-state index contributed by atoms with van der Waals surface area (Å²) in [5, 5.41) is 13.3. The van der Waals surface area contributed by atoms with Crippen molar-refractivity contribution in [2.24, 2.45) is 0 Å². The minimum Gasteiger partial charge on any atom is -0.390 e. The van der Waals surface area contributed by atoms with Crippen molar-refractivity contribution in [3.8, 4) is 0 Å². The van der Waals surface area contributed by atoms with Crippen molar-refractivity contribution in [2.45, 2.75) is 42.1 Å². The molecule has 0 saturated carbocycles. The molecule has 2 aromatic carbocycles. The molecule has 0 radical (unpaired) electrons. The summed E-state index contributed by atoms with van der Waals surface area (Å²) in [6, 6.07) is 17.5. The highest BCUT2D eigenvalue weighted by Gasteiger charge is 2.36. The molecule has 0 unspecified atom stereocenters. The van der Waals surface area contributed by atoms with E-state index in [1.54, 1.807) is 0 Å². The molecule has 23 heavy (non-hydrogen) atoms. The normalized spacial score (nSPS) is 20.1. The smallest absolute Gasteiger partial charge is 0.236 e. The lowest BCUT2D eigenvalue weighted by Crippen LogP contribution is -2.43. The van der Waals surface area contributed by atoms with E-state index in [1.807, 2.05) is 68.4 Å². The number of carbonyl (C=O) groups excluding carboxylic acids is 1. The molecule has 2 atom stereocenters. The van der Waals surface area contributed by atoms with Crippen LogP contribution >= 0.6 is 11.8 Å². The Morgan fingerprint density at radius 2 is 1.78 bits per heavy atom. The summed E-state index contributed by atoms with van der Waals surface area (Å²) in [7, 11) is 0. The Kier molecular flexibility index (Phi) is 4.46. The van der Waals surface area contributed by atoms with E-state index in [0.29, 0.717) is 6.42 Å². The SMILES string of the molecule is CC(C)(Sc1ccccc1)C(=O)N[C@@H]1c2ccccc2C[C@@H]1O. The van der Waals surface area contributed by atoms with Gasteiger partial charge in [0.05, 0.1) is 16.9 Å². The molecule has 1 aliphatic rings. The van der Waals surface area contributed by atoms with Crippen LogP contribution in [0.5, 0.6) is 0 Å². The molecule has 0 heterocycles. The predicted octanol–water partition coefficient (Wildman–Crippen LogP) is 3.33. The summed E-state index contributed by atoms with van der Waals surface area (Å²) >= 11 is 1.53. The number of nitrogens with one attached hydrogen (secondary N) is 1. The molecule has 2 aromatic rings. The number of hydrogen-bond acceptors (Lipinski definition) is 3. The van der Waals surface area contributed by atoms with Gasteiger partial charge in [0.1, 0.15) is 0 Å². The number of rotatable bonds is 4. The largest absolute Gasteiger partial charge is 0.390 e. The van der Waals surface area contributed by atoms with E-state index >= 15 is 0 Å². The molecule has 0 saturated heterocycles. The Balaban J connectivity index is 1.73. The number of aliphatic hydroxyl groups is 1. The summed E-state index contributed by atoms with van der Waals surface area (Å²) < 4.78 is -0.612. The Hall–Kier alpha value is -1.78. The summed E-state index contributed by atoms with van der Waals surface area (Å²) in [5.74, 6) is -0.0629. The number of carbonyl (C=O) groups is 1. The maximum absolute atomic E-state index is 12.7. The predicted molar refractivity (Wildman–Crippen MR) is 93.4 cm³/mol. The highest BCUT2D eigenvalue weighted by Crippen LogP contribution is 2.35. The van der Waals surface area contributed by atoms with Crippen molar-refractivity contribution >= 4 is 17.7 Å². The van der Waals surface area contributed by atoms with Gasteiger partial charge >= 0.3 is 0 Å². The second-order valence-electron chi connectivity index (χ2n) is 6.35. The number of aliphatic hydroxyl groups excluding tert-OH is 1. The molecule has 3 nitrogen and oxygen atoms in total. The zero-order valence-corrected chi connectivity index (χ0v) is 14.1. The molecular formula is C19H21NO2S. The number of benzene rings is 2. The van der Waals surface area contributed by atoms with Crippen LogP contribution in [0.4, 0.5) is 0 Å². The molecular weight excluding hydrogens is 306 g/mol. The maximum atomic E-state index is 12.7. The summed E-state index contributed by atoms with van der Waals surface area (Å²) in [6.45, 7) is 3.82. The first-order valence-electron chi connectivity index (χ1n) is 7.78. The Morgan fingerprint density at radius 3 is 2.52 bits per heavy atom. The van der Waals surface area contributed by atoms with Gasteiger partial charge in [-0.25, -0.2) is 0 Å². The molecule has 1 aliphatic carbocycles. The lowest BCUT2D eigenvalue weighted by Gasteiger charge is -2.27. The van der Waals surface area contributed by atoms with E-state index in [2.05, 4.69) is 5.32 Å². The maximum Gasteiger partial charge on any atom is 0.236 e. The molecule has 0 fully saturated rings. The van der Waals surface area contributed by atoms with E-state index in [0.717, 1.165) is 16.0 Å². The molecule has 120 valence electrons. The van der Waals surface area contributed by atoms with Gasteiger partial charge < -0.3 is 10.4 Å². The van der Waals surface area contributed by atoms with Crippen molar-refractivity contribution in [3.05, 3.63) is 65.7 Å². The lowest BCUT2D eigenvalue weighted by atomic mass is 10.1. The van der Waals surface area contributed by atoms with Crippen LogP contribution in [0, 0.1) is 0 Å². The first kappa shape index (κ1) is 16.1. The second-order valence-corrected chi connectivity index (χ2v) is 8.04. The minimum absolute atomic E-state index is 0.0629. The first-order valence-corrected chi connectivity index (χ1v) is 8.60. The summed E-state index contributed by atoms with van der Waals surface area (Å²) in [4.78, 5) is 13.8. The van der Waals surface area contributed by atoms with Crippen LogP contribution in [-0.4, -0.2) is 21.9 Å². The number of fused-ring (bicyclic) bond motifs is 1. The number of amides is 1. The fourth-order valence-corrected chi connectivity index (χ4v) is 3.93. The lowest BCUT2D eigenvalue weighted by molar-refractivity contribution is -0.124. The average molecular weight is 327 g/mol. The molecule has 0 aromatic heterocycles. The van der Waals surface area contributed by atoms with Gasteiger partial charge in [0.15, 0.2) is 0 Å². The van der Waals surface area contributed by atoms with Gasteiger partial charge in [-0.3, -0.25) is 4.79 Å². The zero-order valence-electron chi connectivity index (χ0n) is 13.3. The molecule has 0 bridgehead atoms. The van der Waals surface area contributed by atoms with E-state index in [1.165, 1.54) is 11.8 Å². The molecule has 3 rings (SSSR count). The molecule has 4 heteroatoms. The van der Waals surface area contributed by atoms with E-state index in [9.17, 15) is 9.90 Å². The van der Waals surface area contributed by atoms with Gasteiger partial charge in [0, 0.05) is 11.3 Å².